The topological polar surface area (TPSA) is 95.6 Å². The number of H-pyrrole nitrogens is 2. The number of hydrogen-bond donors (Lipinski definition) is 2. The van der Waals surface area contributed by atoms with Crippen LogP contribution in [-0.2, 0) is 11.3 Å². The first-order chi connectivity index (χ1) is 17.0. The molecule has 4 aromatic rings. The molecule has 5 rings (SSSR count). The molecule has 1 fully saturated rings. The van der Waals surface area contributed by atoms with Gasteiger partial charge < -0.3 is 29.2 Å². The number of carbonyl (C=O) groups is 1. The van der Waals surface area contributed by atoms with E-state index >= 15 is 0 Å². The fourth-order valence-corrected chi connectivity index (χ4v) is 4.86. The third-order valence-electron chi connectivity index (χ3n) is 6.54. The normalized spacial score (nSPS) is 14.0. The first kappa shape index (κ1) is 23.0. The number of nitrogens with zero attached hydrogens (tertiary/aromatic N) is 3. The van der Waals surface area contributed by atoms with Crippen LogP contribution in [0.1, 0.15) is 6.42 Å². The van der Waals surface area contributed by atoms with Crippen molar-refractivity contribution >= 4 is 45.7 Å². The highest BCUT2D eigenvalue weighted by Gasteiger charge is 2.22. The molecule has 10 heteroatoms. The Bertz CT molecular complexity index is 1510. The summed E-state index contributed by atoms with van der Waals surface area (Å²) in [5, 5.41) is 0.833. The van der Waals surface area contributed by atoms with Gasteiger partial charge in [-0.05, 0) is 42.5 Å². The Labute approximate surface area is 206 Å². The molecular formula is C25H27N5O4S. The summed E-state index contributed by atoms with van der Waals surface area (Å²) in [6, 6.07) is 13.5. The number of hydrogen-bond acceptors (Lipinski definition) is 6. The van der Waals surface area contributed by atoms with Crippen molar-refractivity contribution in [3.8, 4) is 11.5 Å². The Morgan fingerprint density at radius 1 is 0.971 bits per heavy atom. The predicted octanol–water partition coefficient (Wildman–Crippen LogP) is 3.30. The predicted molar refractivity (Wildman–Crippen MR) is 138 cm³/mol. The quantitative estimate of drug-likeness (QED) is 0.400. The van der Waals surface area contributed by atoms with Crippen molar-refractivity contribution in [3.63, 3.8) is 0 Å². The van der Waals surface area contributed by atoms with Crippen LogP contribution in [-0.4, -0.2) is 65.7 Å². The molecule has 0 aliphatic carbocycles. The molecule has 1 amide bonds. The molecule has 1 aliphatic heterocycles. The maximum absolute atomic E-state index is 13.2. The lowest BCUT2D eigenvalue weighted by Gasteiger charge is -2.36. The lowest BCUT2D eigenvalue weighted by molar-refractivity contribution is -0.131. The number of rotatable bonds is 6. The number of methoxy groups -OCH3 is 2. The maximum atomic E-state index is 13.2. The van der Waals surface area contributed by atoms with Gasteiger partial charge in [0.05, 0.1) is 19.7 Å². The van der Waals surface area contributed by atoms with Crippen LogP contribution in [0.15, 0.2) is 47.3 Å². The first-order valence-corrected chi connectivity index (χ1v) is 11.9. The van der Waals surface area contributed by atoms with Crippen LogP contribution in [0.3, 0.4) is 0 Å². The summed E-state index contributed by atoms with van der Waals surface area (Å²) >= 11 is 5.48. The van der Waals surface area contributed by atoms with Gasteiger partial charge >= 0.3 is 0 Å². The van der Waals surface area contributed by atoms with Crippen LogP contribution in [0.25, 0.3) is 21.9 Å². The zero-order chi connectivity index (χ0) is 24.5. The number of piperazine rings is 1. The second-order valence-electron chi connectivity index (χ2n) is 8.49. The van der Waals surface area contributed by atoms with Gasteiger partial charge in [0.2, 0.25) is 5.91 Å². The Balaban J connectivity index is 1.28. The molecule has 1 aliphatic rings. The molecule has 0 radical (unpaired) electrons. The third kappa shape index (κ3) is 4.37. The number of aromatic nitrogens is 3. The van der Waals surface area contributed by atoms with Gasteiger partial charge in [-0.3, -0.25) is 14.2 Å². The molecule has 0 unspecified atom stereocenters. The maximum Gasteiger partial charge on any atom is 0.278 e. The van der Waals surface area contributed by atoms with E-state index < -0.39 is 0 Å². The molecule has 0 saturated carbocycles. The van der Waals surface area contributed by atoms with Gasteiger partial charge in [0.1, 0.15) is 17.0 Å². The summed E-state index contributed by atoms with van der Waals surface area (Å²) in [5.41, 5.74) is 2.73. The summed E-state index contributed by atoms with van der Waals surface area (Å²) in [6.07, 6.45) is 0.204. The molecule has 2 aromatic carbocycles. The summed E-state index contributed by atoms with van der Waals surface area (Å²) in [4.78, 5) is 36.5. The number of aromatic amines is 2. The molecule has 9 nitrogen and oxygen atoms in total. The Hall–Kier alpha value is -3.79. The molecule has 0 bridgehead atoms. The number of anilines is 1. The van der Waals surface area contributed by atoms with Crippen LogP contribution >= 0.6 is 12.2 Å². The van der Waals surface area contributed by atoms with Crippen molar-refractivity contribution in [2.24, 2.45) is 0 Å². The van der Waals surface area contributed by atoms with E-state index in [1.807, 2.05) is 47.4 Å². The van der Waals surface area contributed by atoms with Crippen molar-refractivity contribution in [1.29, 1.82) is 0 Å². The van der Waals surface area contributed by atoms with E-state index in [1.54, 1.807) is 14.2 Å². The summed E-state index contributed by atoms with van der Waals surface area (Å²) in [5.74, 6) is 1.52. The van der Waals surface area contributed by atoms with Crippen molar-refractivity contribution in [1.82, 2.24) is 19.4 Å². The van der Waals surface area contributed by atoms with Gasteiger partial charge in [-0.1, -0.05) is 6.07 Å². The van der Waals surface area contributed by atoms with Gasteiger partial charge in [-0.15, -0.1) is 0 Å². The lowest BCUT2D eigenvalue weighted by atomic mass is 10.2. The van der Waals surface area contributed by atoms with E-state index in [4.69, 9.17) is 21.7 Å². The van der Waals surface area contributed by atoms with Gasteiger partial charge in [0, 0.05) is 61.8 Å². The van der Waals surface area contributed by atoms with Crippen LogP contribution < -0.4 is 19.9 Å². The molecule has 3 heterocycles. The average Bonchev–Trinajstić information content (AvgIpc) is 3.26. The van der Waals surface area contributed by atoms with Crippen molar-refractivity contribution in [2.45, 2.75) is 13.0 Å². The van der Waals surface area contributed by atoms with Crippen LogP contribution in [0.4, 0.5) is 5.69 Å². The molecule has 2 N–H and O–H groups in total. The van der Waals surface area contributed by atoms with Crippen LogP contribution in [0.5, 0.6) is 11.5 Å². The first-order valence-electron chi connectivity index (χ1n) is 11.5. The van der Waals surface area contributed by atoms with E-state index in [0.717, 1.165) is 35.4 Å². The second kappa shape index (κ2) is 9.46. The van der Waals surface area contributed by atoms with E-state index in [1.165, 1.54) is 4.57 Å². The summed E-state index contributed by atoms with van der Waals surface area (Å²) < 4.78 is 12.4. The highest BCUT2D eigenvalue weighted by molar-refractivity contribution is 7.71. The van der Waals surface area contributed by atoms with Crippen molar-refractivity contribution in [2.75, 3.05) is 45.3 Å². The number of carbonyl (C=O) groups excluding carboxylic acids is 1. The van der Waals surface area contributed by atoms with Crippen molar-refractivity contribution < 1.29 is 14.3 Å². The van der Waals surface area contributed by atoms with E-state index in [-0.39, 0.29) is 24.4 Å². The van der Waals surface area contributed by atoms with E-state index in [2.05, 4.69) is 14.9 Å². The highest BCUT2D eigenvalue weighted by atomic mass is 32.1. The molecule has 182 valence electrons. The molecular weight excluding hydrogens is 466 g/mol. The SMILES string of the molecule is COc1cccc(N2CCN(C(=O)CCn3c(=S)[nH]c4c([nH]c5ccc(OC)cc54)c3=O)CC2)c1. The lowest BCUT2D eigenvalue weighted by Crippen LogP contribution is -2.49. The number of amides is 1. The minimum atomic E-state index is -0.241. The number of nitrogens with one attached hydrogen (secondary N) is 2. The van der Waals surface area contributed by atoms with E-state index in [0.29, 0.717) is 34.6 Å². The van der Waals surface area contributed by atoms with Crippen molar-refractivity contribution in [3.05, 3.63) is 57.6 Å². The summed E-state index contributed by atoms with van der Waals surface area (Å²) in [7, 11) is 3.25. The number of ether oxygens (including phenoxy) is 2. The fraction of sp³-hybridized carbons (Fsp3) is 0.320. The summed E-state index contributed by atoms with van der Waals surface area (Å²) in [6.45, 7) is 2.95. The third-order valence-corrected chi connectivity index (χ3v) is 6.86. The minimum Gasteiger partial charge on any atom is -0.497 e. The largest absolute Gasteiger partial charge is 0.497 e. The smallest absolute Gasteiger partial charge is 0.278 e. The van der Waals surface area contributed by atoms with Gasteiger partial charge in [-0.2, -0.15) is 0 Å². The minimum absolute atomic E-state index is 0.0121. The molecule has 0 atom stereocenters. The van der Waals surface area contributed by atoms with Gasteiger partial charge in [0.15, 0.2) is 4.77 Å². The zero-order valence-electron chi connectivity index (χ0n) is 19.7. The molecule has 1 saturated heterocycles. The Kier molecular flexibility index (Phi) is 6.21. The Morgan fingerprint density at radius 2 is 1.71 bits per heavy atom. The number of fused-ring (bicyclic) bond motifs is 3. The fourth-order valence-electron chi connectivity index (χ4n) is 4.58. The average molecular weight is 494 g/mol. The van der Waals surface area contributed by atoms with Gasteiger partial charge in [0.25, 0.3) is 5.56 Å². The highest BCUT2D eigenvalue weighted by Crippen LogP contribution is 2.26. The zero-order valence-corrected chi connectivity index (χ0v) is 20.5. The second-order valence-corrected chi connectivity index (χ2v) is 8.88. The molecule has 35 heavy (non-hydrogen) atoms. The number of benzene rings is 2. The van der Waals surface area contributed by atoms with E-state index in [9.17, 15) is 9.59 Å². The molecule has 2 aromatic heterocycles. The monoisotopic (exact) mass is 493 g/mol. The Morgan fingerprint density at radius 3 is 2.46 bits per heavy atom. The molecule has 0 spiro atoms. The standard InChI is InChI=1S/C25H27N5O4S/c1-33-17-5-3-4-16(14-17)28-10-12-29(13-11-28)21(31)8-9-30-24(32)23-22(27-25(30)35)19-15-18(34-2)6-7-20(19)26-23/h3-7,14-15,26H,8-13H2,1-2H3,(H,27,35). The van der Waals surface area contributed by atoms with Crippen LogP contribution in [0, 0.1) is 4.77 Å². The van der Waals surface area contributed by atoms with Gasteiger partial charge in [-0.25, -0.2) is 0 Å². The van der Waals surface area contributed by atoms with Crippen LogP contribution in [0.2, 0.25) is 0 Å².